The molecule has 2 rings (SSSR count). The van der Waals surface area contributed by atoms with Crippen molar-refractivity contribution in [2.24, 2.45) is 5.92 Å². The zero-order valence-electron chi connectivity index (χ0n) is 11.1. The molecule has 0 bridgehead atoms. The Morgan fingerprint density at radius 2 is 2.12 bits per heavy atom. The van der Waals surface area contributed by atoms with Crippen LogP contribution in [0.25, 0.3) is 0 Å². The number of nitrogens with one attached hydrogen (secondary N) is 1. The molecule has 2 unspecified atom stereocenters. The van der Waals surface area contributed by atoms with Gasteiger partial charge in [0.1, 0.15) is 0 Å². The molecule has 17 heavy (non-hydrogen) atoms. The maximum atomic E-state index is 3.63. The number of rotatable bonds is 4. The Balaban J connectivity index is 2.06. The summed E-state index contributed by atoms with van der Waals surface area (Å²) in [6.45, 7) is 7.72. The van der Waals surface area contributed by atoms with Crippen LogP contribution < -0.4 is 5.32 Å². The van der Waals surface area contributed by atoms with E-state index in [0.717, 1.165) is 12.5 Å². The van der Waals surface area contributed by atoms with Crippen molar-refractivity contribution in [1.82, 2.24) is 5.32 Å². The molecule has 0 spiro atoms. The summed E-state index contributed by atoms with van der Waals surface area (Å²) >= 11 is 2.10. The van der Waals surface area contributed by atoms with Crippen molar-refractivity contribution in [1.29, 1.82) is 0 Å². The highest BCUT2D eigenvalue weighted by Crippen LogP contribution is 2.28. The Bertz CT molecular complexity index is 375. The first-order chi connectivity index (χ1) is 8.20. The summed E-state index contributed by atoms with van der Waals surface area (Å²) < 4.78 is 0. The molecule has 0 aromatic heterocycles. The predicted molar refractivity (Wildman–Crippen MR) is 77.9 cm³/mol. The van der Waals surface area contributed by atoms with Crippen molar-refractivity contribution >= 4 is 11.8 Å². The van der Waals surface area contributed by atoms with Crippen molar-refractivity contribution in [2.75, 3.05) is 18.1 Å². The van der Waals surface area contributed by atoms with Crippen LogP contribution in [0.4, 0.5) is 0 Å². The molecule has 2 heteroatoms. The van der Waals surface area contributed by atoms with E-state index in [9.17, 15) is 0 Å². The lowest BCUT2D eigenvalue weighted by Gasteiger charge is -2.20. The SMILES string of the molecule is CCNC1CSCC1Cc1cc(C)ccc1C. The molecule has 1 aromatic rings. The molecule has 1 aliphatic rings. The van der Waals surface area contributed by atoms with E-state index in [1.165, 1.54) is 29.1 Å². The van der Waals surface area contributed by atoms with Gasteiger partial charge in [0.05, 0.1) is 0 Å². The molecule has 0 radical (unpaired) electrons. The molecule has 1 heterocycles. The normalized spacial score (nSPS) is 24.2. The molecule has 1 N–H and O–H groups in total. The topological polar surface area (TPSA) is 12.0 Å². The largest absolute Gasteiger partial charge is 0.313 e. The number of hydrogen-bond donors (Lipinski definition) is 1. The molecule has 1 saturated heterocycles. The van der Waals surface area contributed by atoms with Crippen molar-refractivity contribution < 1.29 is 0 Å². The summed E-state index contributed by atoms with van der Waals surface area (Å²) in [7, 11) is 0. The van der Waals surface area contributed by atoms with Crippen LogP contribution >= 0.6 is 11.8 Å². The monoisotopic (exact) mass is 249 g/mol. The average molecular weight is 249 g/mol. The first kappa shape index (κ1) is 13.0. The first-order valence-corrected chi connectivity index (χ1v) is 7.73. The van der Waals surface area contributed by atoms with Crippen LogP contribution in [0.15, 0.2) is 18.2 Å². The minimum Gasteiger partial charge on any atom is -0.313 e. The third-order valence-electron chi connectivity index (χ3n) is 3.65. The van der Waals surface area contributed by atoms with Gasteiger partial charge >= 0.3 is 0 Å². The second-order valence-electron chi connectivity index (χ2n) is 5.10. The fourth-order valence-corrected chi connectivity index (χ4v) is 4.02. The van der Waals surface area contributed by atoms with Gasteiger partial charge in [0, 0.05) is 11.8 Å². The van der Waals surface area contributed by atoms with Crippen molar-refractivity contribution in [3.05, 3.63) is 34.9 Å². The Morgan fingerprint density at radius 3 is 2.88 bits per heavy atom. The second-order valence-corrected chi connectivity index (χ2v) is 6.17. The highest BCUT2D eigenvalue weighted by Gasteiger charge is 2.27. The van der Waals surface area contributed by atoms with Gasteiger partial charge in [-0.15, -0.1) is 0 Å². The van der Waals surface area contributed by atoms with Gasteiger partial charge in [-0.1, -0.05) is 30.7 Å². The molecular formula is C15H23NS. The van der Waals surface area contributed by atoms with E-state index >= 15 is 0 Å². The third-order valence-corrected chi connectivity index (χ3v) is 4.91. The van der Waals surface area contributed by atoms with Crippen LogP contribution in [-0.4, -0.2) is 24.1 Å². The Morgan fingerprint density at radius 1 is 1.29 bits per heavy atom. The summed E-state index contributed by atoms with van der Waals surface area (Å²) in [5.74, 6) is 3.40. The standard InChI is InChI=1S/C15H23NS/c1-4-16-15-10-17-9-14(15)8-13-7-11(2)5-6-12(13)3/h5-7,14-16H,4,8-10H2,1-3H3. The summed E-state index contributed by atoms with van der Waals surface area (Å²) in [6, 6.07) is 7.55. The van der Waals surface area contributed by atoms with E-state index in [-0.39, 0.29) is 0 Å². The molecule has 1 nitrogen and oxygen atoms in total. The molecule has 1 aliphatic heterocycles. The Kier molecular flexibility index (Phi) is 4.52. The molecule has 1 fully saturated rings. The van der Waals surface area contributed by atoms with Crippen LogP contribution in [-0.2, 0) is 6.42 Å². The number of aryl methyl sites for hydroxylation is 2. The Labute approximate surface area is 109 Å². The zero-order valence-corrected chi connectivity index (χ0v) is 11.9. The minimum absolute atomic E-state index is 0.713. The number of thioether (sulfide) groups is 1. The van der Waals surface area contributed by atoms with Gasteiger partial charge in [0.2, 0.25) is 0 Å². The van der Waals surface area contributed by atoms with Crippen molar-refractivity contribution in [3.63, 3.8) is 0 Å². The van der Waals surface area contributed by atoms with Gasteiger partial charge in [-0.05, 0) is 49.6 Å². The van der Waals surface area contributed by atoms with Gasteiger partial charge in [-0.2, -0.15) is 11.8 Å². The lowest BCUT2D eigenvalue weighted by Crippen LogP contribution is -2.36. The highest BCUT2D eigenvalue weighted by atomic mass is 32.2. The summed E-state index contributed by atoms with van der Waals surface area (Å²) in [5, 5.41) is 3.63. The molecule has 94 valence electrons. The quantitative estimate of drug-likeness (QED) is 0.879. The molecule has 2 atom stereocenters. The lowest BCUT2D eigenvalue weighted by molar-refractivity contribution is 0.433. The van der Waals surface area contributed by atoms with E-state index in [4.69, 9.17) is 0 Å². The van der Waals surface area contributed by atoms with Crippen LogP contribution in [0.3, 0.4) is 0 Å². The van der Waals surface area contributed by atoms with Gasteiger partial charge in [-0.25, -0.2) is 0 Å². The summed E-state index contributed by atoms with van der Waals surface area (Å²) in [5.41, 5.74) is 4.37. The third kappa shape index (κ3) is 3.26. The minimum atomic E-state index is 0.713. The average Bonchev–Trinajstić information content (AvgIpc) is 2.72. The summed E-state index contributed by atoms with van der Waals surface area (Å²) in [4.78, 5) is 0. The highest BCUT2D eigenvalue weighted by molar-refractivity contribution is 7.99. The maximum Gasteiger partial charge on any atom is 0.0197 e. The van der Waals surface area contributed by atoms with E-state index < -0.39 is 0 Å². The molecule has 0 amide bonds. The smallest absolute Gasteiger partial charge is 0.0197 e. The van der Waals surface area contributed by atoms with Gasteiger partial charge in [-0.3, -0.25) is 0 Å². The van der Waals surface area contributed by atoms with Crippen LogP contribution in [0, 0.1) is 19.8 Å². The van der Waals surface area contributed by atoms with Crippen LogP contribution in [0.2, 0.25) is 0 Å². The number of benzene rings is 1. The number of hydrogen-bond acceptors (Lipinski definition) is 2. The van der Waals surface area contributed by atoms with Crippen LogP contribution in [0.1, 0.15) is 23.6 Å². The lowest BCUT2D eigenvalue weighted by atomic mass is 9.92. The molecular weight excluding hydrogens is 226 g/mol. The first-order valence-electron chi connectivity index (χ1n) is 6.58. The van der Waals surface area contributed by atoms with E-state index in [1.807, 2.05) is 0 Å². The summed E-state index contributed by atoms with van der Waals surface area (Å²) in [6.07, 6.45) is 1.23. The Hall–Kier alpha value is -0.470. The van der Waals surface area contributed by atoms with Gasteiger partial charge in [0.15, 0.2) is 0 Å². The fourth-order valence-electron chi connectivity index (χ4n) is 2.59. The second kappa shape index (κ2) is 5.92. The maximum absolute atomic E-state index is 3.63. The van der Waals surface area contributed by atoms with E-state index in [2.05, 4.69) is 56.0 Å². The molecule has 0 saturated carbocycles. The van der Waals surface area contributed by atoms with E-state index in [0.29, 0.717) is 6.04 Å². The van der Waals surface area contributed by atoms with Gasteiger partial charge < -0.3 is 5.32 Å². The van der Waals surface area contributed by atoms with Crippen molar-refractivity contribution in [2.45, 2.75) is 33.2 Å². The van der Waals surface area contributed by atoms with Crippen LogP contribution in [0.5, 0.6) is 0 Å². The fraction of sp³-hybridized carbons (Fsp3) is 0.600. The van der Waals surface area contributed by atoms with E-state index in [1.54, 1.807) is 5.56 Å². The predicted octanol–water partition coefficient (Wildman–Crippen LogP) is 3.19. The van der Waals surface area contributed by atoms with Crippen molar-refractivity contribution in [3.8, 4) is 0 Å². The molecule has 0 aliphatic carbocycles. The molecule has 1 aromatic carbocycles. The van der Waals surface area contributed by atoms with Gasteiger partial charge in [0.25, 0.3) is 0 Å². The zero-order chi connectivity index (χ0) is 12.3.